The maximum absolute atomic E-state index is 13.7. The molecule has 3 aliphatic rings. The Labute approximate surface area is 203 Å². The van der Waals surface area contributed by atoms with Crippen molar-refractivity contribution in [2.24, 2.45) is 0 Å². The number of phenols is 1. The van der Waals surface area contributed by atoms with E-state index in [-0.39, 0.29) is 23.3 Å². The van der Waals surface area contributed by atoms with Crippen molar-refractivity contribution < 1.29 is 19.4 Å². The Bertz CT molecular complexity index is 1390. The van der Waals surface area contributed by atoms with Crippen LogP contribution in [-0.2, 0) is 16.1 Å². The van der Waals surface area contributed by atoms with E-state index in [9.17, 15) is 14.7 Å². The molecule has 6 rings (SSSR count). The van der Waals surface area contributed by atoms with E-state index in [1.165, 1.54) is 18.4 Å². The number of phenolic OH excluding ortho intramolecular Hbond substituents is 1. The van der Waals surface area contributed by atoms with Crippen LogP contribution in [0.3, 0.4) is 0 Å². The maximum Gasteiger partial charge on any atom is 0.346 e. The van der Waals surface area contributed by atoms with Crippen LogP contribution >= 0.6 is 0 Å². The van der Waals surface area contributed by atoms with Crippen LogP contribution < -0.4 is 9.80 Å². The number of rotatable bonds is 4. The predicted molar refractivity (Wildman–Crippen MR) is 134 cm³/mol. The fourth-order valence-electron chi connectivity index (χ4n) is 5.30. The third-order valence-electron chi connectivity index (χ3n) is 6.92. The number of ether oxygens (including phenoxy) is 1. The highest BCUT2D eigenvalue weighted by molar-refractivity contribution is 6.34. The summed E-state index contributed by atoms with van der Waals surface area (Å²) in [5.74, 6) is -0.822. The fourth-order valence-corrected chi connectivity index (χ4v) is 5.30. The van der Waals surface area contributed by atoms with E-state index in [0.29, 0.717) is 12.1 Å². The summed E-state index contributed by atoms with van der Waals surface area (Å²) in [4.78, 5) is 30.5. The number of anilines is 2. The van der Waals surface area contributed by atoms with Gasteiger partial charge in [0.25, 0.3) is 5.91 Å². The molecule has 0 spiro atoms. The number of aromatic hydroxyl groups is 1. The molecule has 0 aromatic heterocycles. The molecule has 6 nitrogen and oxygen atoms in total. The first-order valence-corrected chi connectivity index (χ1v) is 11.8. The molecule has 3 heterocycles. The number of benzene rings is 3. The molecule has 0 radical (unpaired) electrons. The lowest BCUT2D eigenvalue weighted by atomic mass is 10.0. The van der Waals surface area contributed by atoms with Gasteiger partial charge in [-0.25, -0.2) is 4.79 Å². The maximum atomic E-state index is 13.7. The van der Waals surface area contributed by atoms with Gasteiger partial charge in [-0.3, -0.25) is 4.79 Å². The number of hydrogen-bond donors (Lipinski definition) is 1. The van der Waals surface area contributed by atoms with E-state index in [1.54, 1.807) is 12.1 Å². The van der Waals surface area contributed by atoms with Crippen molar-refractivity contribution in [1.82, 2.24) is 0 Å². The highest BCUT2D eigenvalue weighted by Crippen LogP contribution is 2.48. The average Bonchev–Trinajstić information content (AvgIpc) is 3.43. The van der Waals surface area contributed by atoms with Crippen LogP contribution in [-0.4, -0.2) is 29.6 Å². The van der Waals surface area contributed by atoms with Crippen LogP contribution in [0.1, 0.15) is 34.3 Å². The van der Waals surface area contributed by atoms with Crippen molar-refractivity contribution in [2.45, 2.75) is 25.4 Å². The molecule has 174 valence electrons. The van der Waals surface area contributed by atoms with E-state index in [0.717, 1.165) is 47.5 Å². The monoisotopic (exact) mass is 464 g/mol. The number of fused-ring (bicyclic) bond motifs is 2. The Morgan fingerprint density at radius 2 is 1.77 bits per heavy atom. The number of para-hydroxylation sites is 1. The topological polar surface area (TPSA) is 70.1 Å². The molecule has 3 aromatic rings. The van der Waals surface area contributed by atoms with Crippen LogP contribution in [0.5, 0.6) is 5.75 Å². The smallest absolute Gasteiger partial charge is 0.346 e. The van der Waals surface area contributed by atoms with E-state index in [4.69, 9.17) is 4.74 Å². The van der Waals surface area contributed by atoms with Crippen molar-refractivity contribution in [1.29, 1.82) is 0 Å². The lowest BCUT2D eigenvalue weighted by molar-refractivity contribution is -0.113. The third kappa shape index (κ3) is 3.58. The molecular formula is C29H24N2O4. The second-order valence-electron chi connectivity index (χ2n) is 9.00. The van der Waals surface area contributed by atoms with Crippen molar-refractivity contribution in [3.63, 3.8) is 0 Å². The molecule has 1 N–H and O–H groups in total. The highest BCUT2D eigenvalue weighted by atomic mass is 16.5. The molecular weight excluding hydrogens is 440 g/mol. The number of amides is 1. The molecule has 0 unspecified atom stereocenters. The average molecular weight is 465 g/mol. The summed E-state index contributed by atoms with van der Waals surface area (Å²) in [5, 5.41) is 10.0. The van der Waals surface area contributed by atoms with E-state index in [2.05, 4.69) is 11.0 Å². The Balaban J connectivity index is 1.40. The Morgan fingerprint density at radius 1 is 1.00 bits per heavy atom. The van der Waals surface area contributed by atoms with Gasteiger partial charge in [0, 0.05) is 23.4 Å². The highest BCUT2D eigenvalue weighted by Gasteiger charge is 2.41. The molecule has 1 amide bonds. The predicted octanol–water partition coefficient (Wildman–Crippen LogP) is 5.05. The largest absolute Gasteiger partial charge is 0.507 e. The Morgan fingerprint density at radius 3 is 2.60 bits per heavy atom. The van der Waals surface area contributed by atoms with Crippen molar-refractivity contribution >= 4 is 28.8 Å². The number of carbonyl (C=O) groups is 2. The minimum absolute atomic E-state index is 0.00661. The minimum atomic E-state index is -0.635. The van der Waals surface area contributed by atoms with Gasteiger partial charge in [-0.05, 0) is 48.7 Å². The molecule has 1 saturated heterocycles. The first-order chi connectivity index (χ1) is 17.1. The lowest BCUT2D eigenvalue weighted by Crippen LogP contribution is -2.31. The van der Waals surface area contributed by atoms with Crippen LogP contribution in [0.25, 0.3) is 5.57 Å². The first kappa shape index (κ1) is 21.2. The van der Waals surface area contributed by atoms with Crippen molar-refractivity contribution in [2.75, 3.05) is 16.3 Å². The Hall–Kier alpha value is -4.32. The summed E-state index contributed by atoms with van der Waals surface area (Å²) in [6.07, 6.45) is 5.23. The van der Waals surface area contributed by atoms with Crippen LogP contribution in [0, 0.1) is 0 Å². The molecule has 1 fully saturated rings. The summed E-state index contributed by atoms with van der Waals surface area (Å²) < 4.78 is 5.52. The van der Waals surface area contributed by atoms with Gasteiger partial charge < -0.3 is 19.6 Å². The van der Waals surface area contributed by atoms with Gasteiger partial charge in [0.1, 0.15) is 17.6 Å². The molecule has 0 aliphatic carbocycles. The normalized spacial score (nSPS) is 19.3. The van der Waals surface area contributed by atoms with Crippen LogP contribution in [0.4, 0.5) is 11.4 Å². The lowest BCUT2D eigenvalue weighted by Gasteiger charge is -2.28. The minimum Gasteiger partial charge on any atom is -0.507 e. The van der Waals surface area contributed by atoms with E-state index in [1.807, 2.05) is 53.4 Å². The molecule has 0 saturated carbocycles. The van der Waals surface area contributed by atoms with Gasteiger partial charge in [-0.15, -0.1) is 0 Å². The third-order valence-corrected chi connectivity index (χ3v) is 6.92. The van der Waals surface area contributed by atoms with Crippen molar-refractivity contribution in [3.8, 4) is 5.75 Å². The molecule has 3 aromatic carbocycles. The zero-order chi connectivity index (χ0) is 23.9. The van der Waals surface area contributed by atoms with Gasteiger partial charge in [-0.1, -0.05) is 48.5 Å². The van der Waals surface area contributed by atoms with Crippen LogP contribution in [0.2, 0.25) is 0 Å². The summed E-state index contributed by atoms with van der Waals surface area (Å²) in [6.45, 7) is 1.35. The standard InChI is InChI=1S/C29H24N2O4/c32-26-14-5-4-10-21(26)29(34)35-18-20-16-22-27-24(30-15-7-13-23(20)30)11-6-12-25(27)31(28(22)33)17-19-8-2-1-3-9-19/h1-6,8-12,14,16,18,23,32H,7,13,15,17H2/b20-18+/t23-/m0/s1. The summed E-state index contributed by atoms with van der Waals surface area (Å²) >= 11 is 0. The van der Waals surface area contributed by atoms with E-state index >= 15 is 0 Å². The molecule has 3 aliphatic heterocycles. The molecule has 0 bridgehead atoms. The van der Waals surface area contributed by atoms with Gasteiger partial charge in [0.2, 0.25) is 0 Å². The van der Waals surface area contributed by atoms with Gasteiger partial charge in [-0.2, -0.15) is 0 Å². The van der Waals surface area contributed by atoms with Crippen molar-refractivity contribution in [3.05, 3.63) is 107 Å². The summed E-state index contributed by atoms with van der Waals surface area (Å²) in [6, 6.07) is 22.3. The molecule has 35 heavy (non-hydrogen) atoms. The SMILES string of the molecule is O=C(O/C=C1\C=C2C(=O)N(Cc3ccccc3)c3cccc(c32)N2CCC[C@@H]12)c1ccccc1O. The molecule has 1 atom stereocenters. The van der Waals surface area contributed by atoms with E-state index < -0.39 is 5.97 Å². The number of carbonyl (C=O) groups excluding carboxylic acids is 2. The molecule has 6 heteroatoms. The van der Waals surface area contributed by atoms with Gasteiger partial charge in [0.15, 0.2) is 0 Å². The second-order valence-corrected chi connectivity index (χ2v) is 9.00. The van der Waals surface area contributed by atoms with Crippen LogP contribution in [0.15, 0.2) is 90.7 Å². The van der Waals surface area contributed by atoms with Gasteiger partial charge >= 0.3 is 5.97 Å². The summed E-state index contributed by atoms with van der Waals surface area (Å²) in [5.41, 5.74) is 5.43. The Kier molecular flexibility index (Phi) is 5.14. The number of esters is 1. The fraction of sp³-hybridized carbons (Fsp3) is 0.172. The zero-order valence-electron chi connectivity index (χ0n) is 19.1. The second kappa shape index (κ2) is 8.47. The summed E-state index contributed by atoms with van der Waals surface area (Å²) in [7, 11) is 0. The quantitative estimate of drug-likeness (QED) is 0.432. The number of hydrogen-bond acceptors (Lipinski definition) is 5. The zero-order valence-corrected chi connectivity index (χ0v) is 19.1. The number of nitrogens with zero attached hydrogens (tertiary/aromatic N) is 2. The first-order valence-electron chi connectivity index (χ1n) is 11.8. The van der Waals surface area contributed by atoms with Gasteiger partial charge in [0.05, 0.1) is 23.8 Å².